The van der Waals surface area contributed by atoms with Crippen molar-refractivity contribution < 1.29 is 9.18 Å². The van der Waals surface area contributed by atoms with E-state index in [2.05, 4.69) is 41.4 Å². The summed E-state index contributed by atoms with van der Waals surface area (Å²) in [4.78, 5) is 20.9. The van der Waals surface area contributed by atoms with Crippen LogP contribution in [0.25, 0.3) is 28.2 Å². The number of fused-ring (bicyclic) bond motifs is 1. The Bertz CT molecular complexity index is 1440. The molecule has 0 unspecified atom stereocenters. The summed E-state index contributed by atoms with van der Waals surface area (Å²) in [5, 5.41) is 12.0. The van der Waals surface area contributed by atoms with E-state index in [0.29, 0.717) is 33.0 Å². The number of hydrogen-bond donors (Lipinski definition) is 1. The summed E-state index contributed by atoms with van der Waals surface area (Å²) >= 11 is 3.48. The molecule has 10 heteroatoms. The highest BCUT2D eigenvalue weighted by Gasteiger charge is 2.18. The van der Waals surface area contributed by atoms with Crippen LogP contribution in [0.2, 0.25) is 0 Å². The van der Waals surface area contributed by atoms with Gasteiger partial charge >= 0.3 is 0 Å². The summed E-state index contributed by atoms with van der Waals surface area (Å²) < 4.78 is 17.1. The topological polar surface area (TPSA) is 90.0 Å². The molecule has 0 fully saturated rings. The molecule has 4 heterocycles. The van der Waals surface area contributed by atoms with Gasteiger partial charge in [0, 0.05) is 42.3 Å². The molecule has 0 atom stereocenters. The third-order valence-electron chi connectivity index (χ3n) is 4.82. The number of aryl methyl sites for hydroxylation is 1. The molecule has 4 aromatic heterocycles. The summed E-state index contributed by atoms with van der Waals surface area (Å²) in [6.07, 6.45) is 4.95. The van der Waals surface area contributed by atoms with E-state index in [1.54, 1.807) is 51.9 Å². The SMILES string of the molecule is Cn1cc(-c2ccc3nc(NC(=O)c4ccncc4)c(Br)n3n2)c(-c2ccc(F)cc2)n1. The lowest BCUT2D eigenvalue weighted by Crippen LogP contribution is -2.12. The molecule has 0 aliphatic carbocycles. The predicted molar refractivity (Wildman–Crippen MR) is 120 cm³/mol. The van der Waals surface area contributed by atoms with Crippen LogP contribution in [-0.4, -0.2) is 35.3 Å². The lowest BCUT2D eigenvalue weighted by atomic mass is 10.1. The Kier molecular flexibility index (Phi) is 4.98. The van der Waals surface area contributed by atoms with Gasteiger partial charge in [0.05, 0.1) is 5.69 Å². The summed E-state index contributed by atoms with van der Waals surface area (Å²) in [7, 11) is 1.81. The lowest BCUT2D eigenvalue weighted by Gasteiger charge is -2.04. The van der Waals surface area contributed by atoms with Gasteiger partial charge in [0.2, 0.25) is 0 Å². The lowest BCUT2D eigenvalue weighted by molar-refractivity contribution is 0.102. The maximum absolute atomic E-state index is 13.4. The standard InChI is InChI=1S/C22H15BrFN7O/c1-30-12-16(19(29-30)13-2-4-15(24)5-3-13)17-6-7-18-26-21(20(23)31(18)28-17)27-22(32)14-8-10-25-11-9-14/h2-12H,1H3,(H,27,32). The van der Waals surface area contributed by atoms with Crippen molar-refractivity contribution in [1.82, 2.24) is 29.4 Å². The number of halogens is 2. The number of anilines is 1. The van der Waals surface area contributed by atoms with Crippen LogP contribution in [-0.2, 0) is 7.05 Å². The van der Waals surface area contributed by atoms with E-state index in [1.165, 1.54) is 12.1 Å². The first-order chi connectivity index (χ1) is 15.5. The predicted octanol–water partition coefficient (Wildman–Crippen LogP) is 4.35. The largest absolute Gasteiger partial charge is 0.304 e. The zero-order chi connectivity index (χ0) is 22.2. The third kappa shape index (κ3) is 3.65. The normalized spacial score (nSPS) is 11.1. The minimum atomic E-state index is -0.311. The van der Waals surface area contributed by atoms with Gasteiger partial charge < -0.3 is 5.32 Å². The molecular formula is C22H15BrFN7O. The van der Waals surface area contributed by atoms with Crippen molar-refractivity contribution in [2.75, 3.05) is 5.32 Å². The molecular weight excluding hydrogens is 477 g/mol. The Balaban J connectivity index is 1.53. The number of aromatic nitrogens is 6. The van der Waals surface area contributed by atoms with E-state index in [4.69, 9.17) is 0 Å². The number of nitrogens with zero attached hydrogens (tertiary/aromatic N) is 6. The van der Waals surface area contributed by atoms with E-state index in [0.717, 1.165) is 11.1 Å². The molecule has 0 saturated carbocycles. The molecule has 0 saturated heterocycles. The van der Waals surface area contributed by atoms with Gasteiger partial charge in [0.15, 0.2) is 16.1 Å². The molecule has 0 aliphatic heterocycles. The Hall–Kier alpha value is -3.92. The number of rotatable bonds is 4. The van der Waals surface area contributed by atoms with Gasteiger partial charge in [-0.15, -0.1) is 0 Å². The van der Waals surface area contributed by atoms with Gasteiger partial charge in [0.1, 0.15) is 11.5 Å². The van der Waals surface area contributed by atoms with Gasteiger partial charge in [-0.2, -0.15) is 10.2 Å². The molecule has 5 rings (SSSR count). The number of benzene rings is 1. The highest BCUT2D eigenvalue weighted by Crippen LogP contribution is 2.31. The number of amides is 1. The van der Waals surface area contributed by atoms with Gasteiger partial charge in [-0.1, -0.05) is 0 Å². The van der Waals surface area contributed by atoms with Gasteiger partial charge in [-0.05, 0) is 64.5 Å². The maximum atomic E-state index is 13.4. The van der Waals surface area contributed by atoms with Gasteiger partial charge in [-0.3, -0.25) is 14.5 Å². The van der Waals surface area contributed by atoms with Crippen LogP contribution in [0.3, 0.4) is 0 Å². The van der Waals surface area contributed by atoms with Crippen molar-refractivity contribution in [3.63, 3.8) is 0 Å². The number of nitrogens with one attached hydrogen (secondary N) is 1. The van der Waals surface area contributed by atoms with Crippen molar-refractivity contribution in [3.8, 4) is 22.5 Å². The number of carbonyl (C=O) groups excluding carboxylic acids is 1. The van der Waals surface area contributed by atoms with Crippen molar-refractivity contribution in [3.05, 3.63) is 83.1 Å². The monoisotopic (exact) mass is 491 g/mol. The number of pyridine rings is 1. The molecule has 1 aromatic carbocycles. The molecule has 0 radical (unpaired) electrons. The second-order valence-corrected chi connectivity index (χ2v) is 7.75. The highest BCUT2D eigenvalue weighted by atomic mass is 79.9. The fourth-order valence-electron chi connectivity index (χ4n) is 3.31. The first-order valence-electron chi connectivity index (χ1n) is 9.56. The van der Waals surface area contributed by atoms with E-state index in [-0.39, 0.29) is 11.7 Å². The second-order valence-electron chi connectivity index (χ2n) is 7.00. The molecule has 1 amide bonds. The van der Waals surface area contributed by atoms with E-state index in [1.807, 2.05) is 19.3 Å². The summed E-state index contributed by atoms with van der Waals surface area (Å²) in [6, 6.07) is 13.0. The van der Waals surface area contributed by atoms with Crippen molar-refractivity contribution in [2.45, 2.75) is 0 Å². The minimum Gasteiger partial charge on any atom is -0.304 e. The van der Waals surface area contributed by atoms with Crippen molar-refractivity contribution >= 4 is 33.3 Å². The van der Waals surface area contributed by atoms with Crippen LogP contribution in [0.1, 0.15) is 10.4 Å². The van der Waals surface area contributed by atoms with Crippen LogP contribution in [0, 0.1) is 5.82 Å². The Morgan fingerprint density at radius 1 is 1.03 bits per heavy atom. The molecule has 8 nitrogen and oxygen atoms in total. The van der Waals surface area contributed by atoms with Crippen molar-refractivity contribution in [2.24, 2.45) is 7.05 Å². The molecule has 0 spiro atoms. The Morgan fingerprint density at radius 3 is 2.53 bits per heavy atom. The molecule has 32 heavy (non-hydrogen) atoms. The van der Waals surface area contributed by atoms with Crippen LogP contribution in [0.5, 0.6) is 0 Å². The third-order valence-corrected chi connectivity index (χ3v) is 5.53. The van der Waals surface area contributed by atoms with Gasteiger partial charge in [-0.25, -0.2) is 13.9 Å². The van der Waals surface area contributed by atoms with E-state index in [9.17, 15) is 9.18 Å². The Labute approximate surface area is 189 Å². The van der Waals surface area contributed by atoms with Crippen LogP contribution >= 0.6 is 15.9 Å². The fraction of sp³-hybridized carbons (Fsp3) is 0.0455. The second kappa shape index (κ2) is 7.97. The van der Waals surface area contributed by atoms with Crippen LogP contribution in [0.15, 0.2) is 71.7 Å². The fourth-order valence-corrected chi connectivity index (χ4v) is 3.76. The van der Waals surface area contributed by atoms with Crippen LogP contribution in [0.4, 0.5) is 10.2 Å². The van der Waals surface area contributed by atoms with E-state index < -0.39 is 0 Å². The van der Waals surface area contributed by atoms with E-state index >= 15 is 0 Å². The minimum absolute atomic E-state index is 0.303. The molecule has 0 aliphatic rings. The average molecular weight is 492 g/mol. The average Bonchev–Trinajstić information content (AvgIpc) is 3.34. The van der Waals surface area contributed by atoms with Gasteiger partial charge in [0.25, 0.3) is 5.91 Å². The summed E-state index contributed by atoms with van der Waals surface area (Å²) in [5.41, 5.74) is 3.91. The quantitative estimate of drug-likeness (QED) is 0.403. The smallest absolute Gasteiger partial charge is 0.256 e. The number of imidazole rings is 1. The van der Waals surface area contributed by atoms with Crippen molar-refractivity contribution in [1.29, 1.82) is 0 Å². The molecule has 0 bridgehead atoms. The molecule has 1 N–H and O–H groups in total. The zero-order valence-electron chi connectivity index (χ0n) is 16.7. The zero-order valence-corrected chi connectivity index (χ0v) is 18.3. The number of carbonyl (C=O) groups is 1. The first kappa shape index (κ1) is 20.0. The Morgan fingerprint density at radius 2 is 1.78 bits per heavy atom. The summed E-state index contributed by atoms with van der Waals surface area (Å²) in [5.74, 6) is -0.265. The summed E-state index contributed by atoms with van der Waals surface area (Å²) in [6.45, 7) is 0. The number of hydrogen-bond acceptors (Lipinski definition) is 5. The first-order valence-corrected chi connectivity index (χ1v) is 10.4. The van der Waals surface area contributed by atoms with Crippen LogP contribution < -0.4 is 5.32 Å². The molecule has 5 aromatic rings. The molecule has 158 valence electrons. The highest BCUT2D eigenvalue weighted by molar-refractivity contribution is 9.10. The maximum Gasteiger partial charge on any atom is 0.256 e.